The number of rotatable bonds is 5. The first-order valence-electron chi connectivity index (χ1n) is 11.2. The molecule has 0 spiro atoms. The number of halogens is 1. The molecule has 2 N–H and O–H groups in total. The second-order valence-corrected chi connectivity index (χ2v) is 10.2. The van der Waals surface area contributed by atoms with E-state index >= 15 is 0 Å². The molecule has 12 heteroatoms. The number of piperidine rings is 1. The summed E-state index contributed by atoms with van der Waals surface area (Å²) >= 11 is 0. The molecule has 1 aromatic carbocycles. The molecule has 0 unspecified atom stereocenters. The standard InChI is InChI=1S/C23H29FN10O/c1-22(2)10-17(11-23(3,4)29-22)32(5)19-18(24)13-26-20(28-19)27-15-7-14(12-25)8-16(9-15)34-21(35)33(6)30-31-34/h7-9,13,17,29H,10-11H2,1-6H3,(H,26,27,28). The summed E-state index contributed by atoms with van der Waals surface area (Å²) in [7, 11) is 3.32. The summed E-state index contributed by atoms with van der Waals surface area (Å²) in [5.74, 6) is -0.180. The number of nitrogens with zero attached hydrogens (tertiary/aromatic N) is 8. The zero-order valence-corrected chi connectivity index (χ0v) is 20.7. The number of aryl methyl sites for hydroxylation is 1. The van der Waals surface area contributed by atoms with Gasteiger partial charge in [-0.25, -0.2) is 14.2 Å². The van der Waals surface area contributed by atoms with E-state index in [2.05, 4.69) is 64.8 Å². The van der Waals surface area contributed by atoms with Crippen LogP contribution >= 0.6 is 0 Å². The zero-order valence-electron chi connectivity index (χ0n) is 20.7. The van der Waals surface area contributed by atoms with Crippen molar-refractivity contribution in [3.63, 3.8) is 0 Å². The number of anilines is 3. The Morgan fingerprint density at radius 2 is 1.89 bits per heavy atom. The minimum absolute atomic E-state index is 0.0653. The van der Waals surface area contributed by atoms with Gasteiger partial charge in [-0.3, -0.25) is 0 Å². The van der Waals surface area contributed by atoms with Crippen LogP contribution < -0.4 is 21.2 Å². The van der Waals surface area contributed by atoms with Crippen molar-refractivity contribution in [3.05, 3.63) is 46.3 Å². The van der Waals surface area contributed by atoms with Gasteiger partial charge in [-0.15, -0.1) is 0 Å². The number of aromatic nitrogens is 6. The van der Waals surface area contributed by atoms with Gasteiger partial charge in [0.1, 0.15) is 0 Å². The number of nitriles is 1. The Bertz CT molecular complexity index is 1340. The fourth-order valence-electron chi connectivity index (χ4n) is 4.86. The monoisotopic (exact) mass is 480 g/mol. The molecule has 0 atom stereocenters. The first-order valence-corrected chi connectivity index (χ1v) is 11.2. The van der Waals surface area contributed by atoms with Gasteiger partial charge in [-0.2, -0.15) is 19.6 Å². The smallest absolute Gasteiger partial charge is 0.354 e. The first-order chi connectivity index (χ1) is 16.4. The molecule has 184 valence electrons. The van der Waals surface area contributed by atoms with Crippen LogP contribution in [-0.4, -0.2) is 53.9 Å². The third kappa shape index (κ3) is 5.14. The van der Waals surface area contributed by atoms with E-state index in [1.807, 2.05) is 11.9 Å². The van der Waals surface area contributed by atoms with Crippen molar-refractivity contribution in [2.75, 3.05) is 17.3 Å². The molecule has 3 aromatic rings. The van der Waals surface area contributed by atoms with E-state index in [-0.39, 0.29) is 28.9 Å². The van der Waals surface area contributed by atoms with Crippen LogP contribution in [0.5, 0.6) is 0 Å². The molecule has 1 aliphatic heterocycles. The largest absolute Gasteiger partial charge is 0.368 e. The fraction of sp³-hybridized carbons (Fsp3) is 0.478. The number of hydrogen-bond acceptors (Lipinski definition) is 9. The number of benzene rings is 1. The molecule has 3 heterocycles. The molecule has 4 rings (SSSR count). The maximum atomic E-state index is 14.8. The van der Waals surface area contributed by atoms with Crippen LogP contribution in [-0.2, 0) is 7.05 Å². The highest BCUT2D eigenvalue weighted by Gasteiger charge is 2.40. The van der Waals surface area contributed by atoms with Crippen LogP contribution in [0.4, 0.5) is 21.8 Å². The van der Waals surface area contributed by atoms with Gasteiger partial charge in [0.15, 0.2) is 11.6 Å². The highest BCUT2D eigenvalue weighted by Crippen LogP contribution is 2.33. The molecule has 1 aliphatic rings. The van der Waals surface area contributed by atoms with E-state index in [0.29, 0.717) is 16.9 Å². The second kappa shape index (κ2) is 8.74. The maximum absolute atomic E-state index is 14.8. The Balaban J connectivity index is 1.65. The second-order valence-electron chi connectivity index (χ2n) is 10.2. The van der Waals surface area contributed by atoms with Crippen molar-refractivity contribution < 1.29 is 4.39 Å². The topological polar surface area (TPSA) is 130 Å². The first kappa shape index (κ1) is 24.3. The third-order valence-corrected chi connectivity index (χ3v) is 6.05. The lowest BCUT2D eigenvalue weighted by molar-refractivity contribution is 0.160. The van der Waals surface area contributed by atoms with Crippen molar-refractivity contribution in [3.8, 4) is 11.8 Å². The predicted octanol–water partition coefficient (Wildman–Crippen LogP) is 2.26. The molecular weight excluding hydrogens is 451 g/mol. The van der Waals surface area contributed by atoms with Crippen molar-refractivity contribution in [2.45, 2.75) is 57.7 Å². The van der Waals surface area contributed by atoms with E-state index in [4.69, 9.17) is 0 Å². The highest BCUT2D eigenvalue weighted by molar-refractivity contribution is 5.62. The normalized spacial score (nSPS) is 17.1. The quantitative estimate of drug-likeness (QED) is 0.565. The molecule has 1 fully saturated rings. The summed E-state index contributed by atoms with van der Waals surface area (Å²) < 4.78 is 17.0. The van der Waals surface area contributed by atoms with Crippen molar-refractivity contribution >= 4 is 17.5 Å². The van der Waals surface area contributed by atoms with Gasteiger partial charge in [0.2, 0.25) is 5.95 Å². The summed E-state index contributed by atoms with van der Waals surface area (Å²) in [6, 6.07) is 6.85. The molecule has 1 saturated heterocycles. The molecule has 0 amide bonds. The molecule has 35 heavy (non-hydrogen) atoms. The van der Waals surface area contributed by atoms with Gasteiger partial charge < -0.3 is 15.5 Å². The average molecular weight is 481 g/mol. The summed E-state index contributed by atoms with van der Waals surface area (Å²) in [5.41, 5.74) is 0.404. The van der Waals surface area contributed by atoms with Gasteiger partial charge in [0.05, 0.1) is 23.5 Å². The number of hydrogen-bond donors (Lipinski definition) is 2. The Kier molecular flexibility index (Phi) is 6.06. The summed E-state index contributed by atoms with van der Waals surface area (Å²) in [5, 5.41) is 23.6. The number of nitrogens with one attached hydrogen (secondary N) is 2. The maximum Gasteiger partial charge on any atom is 0.368 e. The van der Waals surface area contributed by atoms with Gasteiger partial charge in [0.25, 0.3) is 0 Å². The van der Waals surface area contributed by atoms with Crippen molar-refractivity contribution in [1.29, 1.82) is 5.26 Å². The van der Waals surface area contributed by atoms with Crippen molar-refractivity contribution in [1.82, 2.24) is 35.1 Å². The Hall–Kier alpha value is -3.85. The highest BCUT2D eigenvalue weighted by atomic mass is 19.1. The van der Waals surface area contributed by atoms with Gasteiger partial charge in [-0.05, 0) is 69.2 Å². The summed E-state index contributed by atoms with van der Waals surface area (Å²) in [4.78, 5) is 22.6. The lowest BCUT2D eigenvalue weighted by atomic mass is 9.79. The molecule has 0 aliphatic carbocycles. The van der Waals surface area contributed by atoms with E-state index in [1.165, 1.54) is 13.1 Å². The van der Waals surface area contributed by atoms with Crippen LogP contribution in [0.2, 0.25) is 0 Å². The Morgan fingerprint density at radius 3 is 2.49 bits per heavy atom. The fourth-order valence-corrected chi connectivity index (χ4v) is 4.86. The summed E-state index contributed by atoms with van der Waals surface area (Å²) in [6.07, 6.45) is 2.76. The number of tetrazole rings is 1. The van der Waals surface area contributed by atoms with Crippen LogP contribution in [0.1, 0.15) is 46.1 Å². The molecule has 0 radical (unpaired) electrons. The molecule has 2 aromatic heterocycles. The SMILES string of the molecule is CN(c1nc(Nc2cc(C#N)cc(-n3nnn(C)c3=O)c2)ncc1F)C1CC(C)(C)NC(C)(C)C1. The van der Waals surface area contributed by atoms with Crippen LogP contribution in [0.15, 0.2) is 29.2 Å². The molecule has 11 nitrogen and oxygen atoms in total. The Labute approximate surface area is 202 Å². The minimum atomic E-state index is -0.523. The van der Waals surface area contributed by atoms with Crippen LogP contribution in [0.25, 0.3) is 5.69 Å². The lowest BCUT2D eigenvalue weighted by Gasteiger charge is -2.49. The predicted molar refractivity (Wildman–Crippen MR) is 129 cm³/mol. The van der Waals surface area contributed by atoms with Gasteiger partial charge >= 0.3 is 5.69 Å². The van der Waals surface area contributed by atoms with E-state index in [1.54, 1.807) is 12.1 Å². The molecule has 0 saturated carbocycles. The lowest BCUT2D eigenvalue weighted by Crippen LogP contribution is -2.62. The van der Waals surface area contributed by atoms with Gasteiger partial charge in [-0.1, -0.05) is 0 Å². The van der Waals surface area contributed by atoms with E-state index in [9.17, 15) is 14.4 Å². The van der Waals surface area contributed by atoms with Crippen LogP contribution in [0.3, 0.4) is 0 Å². The average Bonchev–Trinajstić information content (AvgIpc) is 3.10. The summed E-state index contributed by atoms with van der Waals surface area (Å²) in [6.45, 7) is 8.56. The molecular formula is C23H29FN10O. The Morgan fingerprint density at radius 1 is 1.20 bits per heavy atom. The van der Waals surface area contributed by atoms with Crippen LogP contribution in [0, 0.1) is 17.1 Å². The molecule has 0 bridgehead atoms. The van der Waals surface area contributed by atoms with Gasteiger partial charge in [0, 0.05) is 36.9 Å². The van der Waals surface area contributed by atoms with E-state index < -0.39 is 11.5 Å². The van der Waals surface area contributed by atoms with E-state index in [0.717, 1.165) is 28.4 Å². The zero-order chi connectivity index (χ0) is 25.5. The minimum Gasteiger partial charge on any atom is -0.354 e. The third-order valence-electron chi connectivity index (χ3n) is 6.05. The van der Waals surface area contributed by atoms with Crippen molar-refractivity contribution in [2.24, 2.45) is 7.05 Å².